The molecule has 28 heavy (non-hydrogen) atoms. The highest BCUT2D eigenvalue weighted by atomic mass is 19.4. The largest absolute Gasteiger partial charge is 0.417 e. The fraction of sp³-hybridized carbons (Fsp3) is 0.250. The smallest absolute Gasteiger partial charge is 0.372 e. The first-order chi connectivity index (χ1) is 13.3. The molecule has 0 spiro atoms. The van der Waals surface area contributed by atoms with E-state index in [0.29, 0.717) is 36.1 Å². The van der Waals surface area contributed by atoms with E-state index in [1.807, 2.05) is 0 Å². The maximum absolute atomic E-state index is 13.3. The first-order valence-electron chi connectivity index (χ1n) is 8.84. The molecule has 3 aromatic rings. The number of nitrogens with zero attached hydrogens (tertiary/aromatic N) is 1. The molecule has 1 atom stereocenters. The Morgan fingerprint density at radius 1 is 1.11 bits per heavy atom. The zero-order valence-corrected chi connectivity index (χ0v) is 14.8. The van der Waals surface area contributed by atoms with E-state index in [2.05, 4.69) is 10.3 Å². The standard InChI is InChI=1S/C20H18F3N3O2/c21-20(22,23)16-4-2-1-3-14(16)17-9-12-5-6-13(10-15(12)19(28)25-17)26-8-7-24-11-18(26)27/h1-6,9-10,18,24,27H,7-8,11H2,(H,25,28). The van der Waals surface area contributed by atoms with Crippen LogP contribution in [0.1, 0.15) is 5.56 Å². The lowest BCUT2D eigenvalue weighted by Gasteiger charge is -2.34. The van der Waals surface area contributed by atoms with Crippen LogP contribution in [0.25, 0.3) is 22.0 Å². The Morgan fingerprint density at radius 3 is 2.64 bits per heavy atom. The Balaban J connectivity index is 1.81. The molecule has 0 bridgehead atoms. The zero-order valence-electron chi connectivity index (χ0n) is 14.8. The van der Waals surface area contributed by atoms with E-state index in [4.69, 9.17) is 0 Å². The average molecular weight is 389 g/mol. The first kappa shape index (κ1) is 18.5. The highest BCUT2D eigenvalue weighted by molar-refractivity contribution is 5.88. The van der Waals surface area contributed by atoms with Gasteiger partial charge in [0.15, 0.2) is 0 Å². The van der Waals surface area contributed by atoms with Gasteiger partial charge in [0, 0.05) is 42.0 Å². The Bertz CT molecular complexity index is 1080. The van der Waals surface area contributed by atoms with E-state index in [0.717, 1.165) is 6.07 Å². The van der Waals surface area contributed by atoms with E-state index in [1.54, 1.807) is 29.2 Å². The minimum Gasteiger partial charge on any atom is -0.372 e. The monoisotopic (exact) mass is 389 g/mol. The molecule has 1 fully saturated rings. The summed E-state index contributed by atoms with van der Waals surface area (Å²) in [6.45, 7) is 1.71. The number of H-pyrrole nitrogens is 1. The second-order valence-corrected chi connectivity index (χ2v) is 6.71. The first-order valence-corrected chi connectivity index (χ1v) is 8.84. The molecule has 2 aromatic carbocycles. The van der Waals surface area contributed by atoms with Crippen molar-refractivity contribution in [2.24, 2.45) is 0 Å². The number of aliphatic hydroxyl groups is 1. The minimum absolute atomic E-state index is 0.0735. The van der Waals surface area contributed by atoms with E-state index >= 15 is 0 Å². The van der Waals surface area contributed by atoms with Crippen molar-refractivity contribution in [3.63, 3.8) is 0 Å². The van der Waals surface area contributed by atoms with Crippen molar-refractivity contribution in [2.45, 2.75) is 12.4 Å². The van der Waals surface area contributed by atoms with Gasteiger partial charge in [0.2, 0.25) is 0 Å². The number of pyridine rings is 1. The Kier molecular flexibility index (Phi) is 4.60. The van der Waals surface area contributed by atoms with Crippen molar-refractivity contribution < 1.29 is 18.3 Å². The summed E-state index contributed by atoms with van der Waals surface area (Å²) in [6, 6.07) is 11.8. The molecule has 0 saturated carbocycles. The van der Waals surface area contributed by atoms with Crippen molar-refractivity contribution in [3.05, 3.63) is 64.4 Å². The number of aromatic nitrogens is 1. The maximum atomic E-state index is 13.3. The number of fused-ring (bicyclic) bond motifs is 1. The SMILES string of the molecule is O=c1[nH]c(-c2ccccc2C(F)(F)F)cc2ccc(N3CCNCC3O)cc12. The van der Waals surface area contributed by atoms with Gasteiger partial charge in [-0.15, -0.1) is 0 Å². The van der Waals surface area contributed by atoms with Crippen molar-refractivity contribution >= 4 is 16.5 Å². The topological polar surface area (TPSA) is 68.4 Å². The van der Waals surface area contributed by atoms with Crippen LogP contribution in [0.15, 0.2) is 53.3 Å². The number of hydrogen-bond donors (Lipinski definition) is 3. The number of alkyl halides is 3. The Hall–Kier alpha value is -2.84. The number of aliphatic hydroxyl groups excluding tert-OH is 1. The third-order valence-electron chi connectivity index (χ3n) is 4.90. The number of halogens is 3. The molecule has 1 unspecified atom stereocenters. The van der Waals surface area contributed by atoms with Gasteiger partial charge in [-0.2, -0.15) is 13.2 Å². The van der Waals surface area contributed by atoms with Crippen LogP contribution in [-0.2, 0) is 6.18 Å². The van der Waals surface area contributed by atoms with Crippen LogP contribution in [0.5, 0.6) is 0 Å². The third-order valence-corrected chi connectivity index (χ3v) is 4.90. The molecule has 0 radical (unpaired) electrons. The molecule has 2 heterocycles. The molecule has 1 saturated heterocycles. The van der Waals surface area contributed by atoms with Crippen LogP contribution in [0.4, 0.5) is 18.9 Å². The fourth-order valence-electron chi connectivity index (χ4n) is 3.53. The van der Waals surface area contributed by atoms with Crippen molar-refractivity contribution in [1.82, 2.24) is 10.3 Å². The Morgan fingerprint density at radius 2 is 1.89 bits per heavy atom. The van der Waals surface area contributed by atoms with Gasteiger partial charge in [-0.05, 0) is 29.7 Å². The summed E-state index contributed by atoms with van der Waals surface area (Å²) in [7, 11) is 0. The number of rotatable bonds is 2. The quantitative estimate of drug-likeness (QED) is 0.631. The van der Waals surface area contributed by atoms with Crippen molar-refractivity contribution in [1.29, 1.82) is 0 Å². The van der Waals surface area contributed by atoms with Gasteiger partial charge < -0.3 is 20.3 Å². The van der Waals surface area contributed by atoms with E-state index < -0.39 is 23.5 Å². The predicted molar refractivity (Wildman–Crippen MR) is 101 cm³/mol. The number of hydrogen-bond acceptors (Lipinski definition) is 4. The predicted octanol–water partition coefficient (Wildman–Crippen LogP) is 2.94. The van der Waals surface area contributed by atoms with E-state index in [-0.39, 0.29) is 11.3 Å². The lowest BCUT2D eigenvalue weighted by atomic mass is 10.0. The molecule has 8 heteroatoms. The van der Waals surface area contributed by atoms with E-state index in [1.165, 1.54) is 18.2 Å². The second-order valence-electron chi connectivity index (χ2n) is 6.71. The van der Waals surface area contributed by atoms with Crippen molar-refractivity contribution in [3.8, 4) is 11.3 Å². The summed E-state index contributed by atoms with van der Waals surface area (Å²) >= 11 is 0. The molecular weight excluding hydrogens is 371 g/mol. The maximum Gasteiger partial charge on any atom is 0.417 e. The van der Waals surface area contributed by atoms with Crippen LogP contribution in [0.3, 0.4) is 0 Å². The molecule has 1 aliphatic heterocycles. The highest BCUT2D eigenvalue weighted by Gasteiger charge is 2.33. The van der Waals surface area contributed by atoms with Gasteiger partial charge in [-0.1, -0.05) is 24.3 Å². The number of anilines is 1. The van der Waals surface area contributed by atoms with Crippen LogP contribution >= 0.6 is 0 Å². The second kappa shape index (κ2) is 6.96. The van der Waals surface area contributed by atoms with Gasteiger partial charge in [0.25, 0.3) is 5.56 Å². The molecule has 0 amide bonds. The van der Waals surface area contributed by atoms with Gasteiger partial charge in [-0.25, -0.2) is 0 Å². The molecule has 0 aliphatic carbocycles. The number of aromatic amines is 1. The zero-order chi connectivity index (χ0) is 19.9. The molecule has 3 N–H and O–H groups in total. The van der Waals surface area contributed by atoms with Crippen LogP contribution < -0.4 is 15.8 Å². The molecule has 146 valence electrons. The summed E-state index contributed by atoms with van der Waals surface area (Å²) in [5.74, 6) is 0. The van der Waals surface area contributed by atoms with Crippen LogP contribution in [-0.4, -0.2) is 36.0 Å². The number of benzene rings is 2. The van der Waals surface area contributed by atoms with Gasteiger partial charge >= 0.3 is 6.18 Å². The number of piperazine rings is 1. The minimum atomic E-state index is -4.52. The number of β-amino-alcohol motifs (C(OH)–C–C–N with tert-alkyl or cyclic N) is 1. The fourth-order valence-corrected chi connectivity index (χ4v) is 3.53. The summed E-state index contributed by atoms with van der Waals surface area (Å²) in [5.41, 5.74) is -0.548. The number of nitrogens with one attached hydrogen (secondary N) is 2. The highest BCUT2D eigenvalue weighted by Crippen LogP contribution is 2.36. The van der Waals surface area contributed by atoms with E-state index in [9.17, 15) is 23.1 Å². The van der Waals surface area contributed by atoms with Gasteiger partial charge in [0.1, 0.15) is 6.23 Å². The summed E-state index contributed by atoms with van der Waals surface area (Å²) < 4.78 is 40.0. The Labute approximate surface area is 158 Å². The summed E-state index contributed by atoms with van der Waals surface area (Å²) in [6.07, 6.45) is -5.23. The van der Waals surface area contributed by atoms with Gasteiger partial charge in [0.05, 0.1) is 5.56 Å². The molecule has 5 nitrogen and oxygen atoms in total. The molecular formula is C20H18F3N3O2. The van der Waals surface area contributed by atoms with Crippen LogP contribution in [0, 0.1) is 0 Å². The lowest BCUT2D eigenvalue weighted by molar-refractivity contribution is -0.137. The van der Waals surface area contributed by atoms with Gasteiger partial charge in [-0.3, -0.25) is 4.79 Å². The normalized spacial score (nSPS) is 17.9. The summed E-state index contributed by atoms with van der Waals surface area (Å²) in [4.78, 5) is 17.0. The molecule has 1 aliphatic rings. The third kappa shape index (κ3) is 3.36. The summed E-state index contributed by atoms with van der Waals surface area (Å²) in [5, 5.41) is 14.1. The van der Waals surface area contributed by atoms with Crippen LogP contribution in [0.2, 0.25) is 0 Å². The average Bonchev–Trinajstić information content (AvgIpc) is 2.67. The molecule has 1 aromatic heterocycles. The lowest BCUT2D eigenvalue weighted by Crippen LogP contribution is -2.51. The van der Waals surface area contributed by atoms with Crippen molar-refractivity contribution in [2.75, 3.05) is 24.5 Å². The molecule has 4 rings (SSSR count).